The van der Waals surface area contributed by atoms with Gasteiger partial charge in [0.15, 0.2) is 0 Å². The van der Waals surface area contributed by atoms with Gasteiger partial charge in [0.2, 0.25) is 11.0 Å². The summed E-state index contributed by atoms with van der Waals surface area (Å²) in [6.07, 6.45) is 1.97. The van der Waals surface area contributed by atoms with Crippen molar-refractivity contribution in [2.24, 2.45) is 0 Å². The van der Waals surface area contributed by atoms with Crippen molar-refractivity contribution >= 4 is 34.0 Å². The van der Waals surface area contributed by atoms with Crippen LogP contribution < -0.4 is 5.32 Å². The van der Waals surface area contributed by atoms with Gasteiger partial charge >= 0.3 is 0 Å². The Bertz CT molecular complexity index is 791. The molecule has 1 aliphatic heterocycles. The van der Waals surface area contributed by atoms with Gasteiger partial charge in [-0.15, -0.1) is 10.2 Å². The Kier molecular flexibility index (Phi) is 4.94. The Morgan fingerprint density at radius 3 is 2.56 bits per heavy atom. The summed E-state index contributed by atoms with van der Waals surface area (Å²) in [5.41, 5.74) is 1.89. The number of nitrogens with zero attached hydrogens (tertiary/aromatic N) is 3. The van der Waals surface area contributed by atoms with Crippen molar-refractivity contribution < 1.29 is 9.59 Å². The summed E-state index contributed by atoms with van der Waals surface area (Å²) in [4.78, 5) is 26.1. The van der Waals surface area contributed by atoms with Crippen LogP contribution in [0, 0.1) is 0 Å². The van der Waals surface area contributed by atoms with Crippen LogP contribution in [-0.4, -0.2) is 33.5 Å². The SMILES string of the molecule is C=C1c2ccccc2C(=O)N1CC(=O)Nc1nnc(C(CC)CC)s1. The number of hydrogen-bond acceptors (Lipinski definition) is 5. The first-order valence-electron chi connectivity index (χ1n) is 8.28. The van der Waals surface area contributed by atoms with Crippen LogP contribution in [0.4, 0.5) is 5.13 Å². The molecule has 3 rings (SSSR count). The van der Waals surface area contributed by atoms with Gasteiger partial charge in [-0.2, -0.15) is 0 Å². The normalized spacial score (nSPS) is 13.5. The lowest BCUT2D eigenvalue weighted by atomic mass is 10.1. The fourth-order valence-electron chi connectivity index (χ4n) is 2.89. The third kappa shape index (κ3) is 3.32. The van der Waals surface area contributed by atoms with Gasteiger partial charge < -0.3 is 0 Å². The van der Waals surface area contributed by atoms with E-state index in [2.05, 4.69) is 35.9 Å². The van der Waals surface area contributed by atoms with E-state index in [9.17, 15) is 9.59 Å². The molecule has 0 unspecified atom stereocenters. The topological polar surface area (TPSA) is 75.2 Å². The van der Waals surface area contributed by atoms with Gasteiger partial charge in [-0.25, -0.2) is 0 Å². The van der Waals surface area contributed by atoms with Gasteiger partial charge in [-0.3, -0.25) is 19.8 Å². The highest BCUT2D eigenvalue weighted by molar-refractivity contribution is 7.15. The molecule has 2 amide bonds. The molecule has 130 valence electrons. The first kappa shape index (κ1) is 17.3. The van der Waals surface area contributed by atoms with Crippen LogP contribution in [0.1, 0.15) is 53.5 Å². The summed E-state index contributed by atoms with van der Waals surface area (Å²) in [6, 6.07) is 7.23. The molecule has 0 saturated heterocycles. The fraction of sp³-hybridized carbons (Fsp3) is 0.333. The number of nitrogens with one attached hydrogen (secondary N) is 1. The largest absolute Gasteiger partial charge is 0.299 e. The number of anilines is 1. The van der Waals surface area contributed by atoms with Crippen molar-refractivity contribution in [3.05, 3.63) is 47.0 Å². The van der Waals surface area contributed by atoms with Crippen molar-refractivity contribution in [3.63, 3.8) is 0 Å². The van der Waals surface area contributed by atoms with Crippen molar-refractivity contribution in [2.45, 2.75) is 32.6 Å². The monoisotopic (exact) mass is 356 g/mol. The van der Waals surface area contributed by atoms with Gasteiger partial charge in [0.25, 0.3) is 5.91 Å². The second-order valence-corrected chi connectivity index (χ2v) is 6.90. The van der Waals surface area contributed by atoms with Crippen LogP contribution in [0.2, 0.25) is 0 Å². The summed E-state index contributed by atoms with van der Waals surface area (Å²) in [5.74, 6) is -0.155. The molecule has 2 aromatic rings. The van der Waals surface area contributed by atoms with Gasteiger partial charge in [0, 0.05) is 22.7 Å². The molecule has 1 aromatic carbocycles. The van der Waals surface area contributed by atoms with E-state index in [0.29, 0.717) is 22.3 Å². The molecule has 0 fully saturated rings. The maximum atomic E-state index is 12.4. The molecule has 1 aromatic heterocycles. The summed E-state index contributed by atoms with van der Waals surface area (Å²) in [6.45, 7) is 8.06. The average molecular weight is 356 g/mol. The van der Waals surface area contributed by atoms with Gasteiger partial charge in [0.05, 0.1) is 0 Å². The number of carbonyl (C=O) groups is 2. The highest BCUT2D eigenvalue weighted by Crippen LogP contribution is 2.31. The zero-order valence-electron chi connectivity index (χ0n) is 14.3. The van der Waals surface area contributed by atoms with Crippen LogP contribution in [0.15, 0.2) is 30.8 Å². The molecule has 6 nitrogen and oxygen atoms in total. The number of carbonyl (C=O) groups excluding carboxylic acids is 2. The fourth-order valence-corrected chi connectivity index (χ4v) is 3.92. The zero-order valence-corrected chi connectivity index (χ0v) is 15.1. The molecule has 0 bridgehead atoms. The summed E-state index contributed by atoms with van der Waals surface area (Å²) in [7, 11) is 0. The number of amides is 2. The summed E-state index contributed by atoms with van der Waals surface area (Å²) in [5, 5.41) is 12.3. The van der Waals surface area contributed by atoms with E-state index in [0.717, 1.165) is 23.4 Å². The molecular formula is C18H20N4O2S. The smallest absolute Gasteiger partial charge is 0.259 e. The number of aromatic nitrogens is 2. The maximum Gasteiger partial charge on any atom is 0.259 e. The predicted octanol–water partition coefficient (Wildman–Crippen LogP) is 3.51. The Balaban J connectivity index is 1.66. The van der Waals surface area contributed by atoms with E-state index in [1.54, 1.807) is 12.1 Å². The number of benzene rings is 1. The highest BCUT2D eigenvalue weighted by Gasteiger charge is 2.32. The first-order valence-corrected chi connectivity index (χ1v) is 9.10. The first-order chi connectivity index (χ1) is 12.0. The van der Waals surface area contributed by atoms with Crippen molar-refractivity contribution in [1.29, 1.82) is 0 Å². The quantitative estimate of drug-likeness (QED) is 0.859. The predicted molar refractivity (Wildman–Crippen MR) is 98.4 cm³/mol. The van der Waals surface area contributed by atoms with Gasteiger partial charge in [-0.05, 0) is 18.9 Å². The van der Waals surface area contributed by atoms with E-state index in [1.807, 2.05) is 12.1 Å². The standard InChI is InChI=1S/C18H20N4O2S/c1-4-12(5-2)16-20-21-18(25-16)19-15(23)10-22-11(3)13-8-6-7-9-14(13)17(22)24/h6-9,12H,3-5,10H2,1-2H3,(H,19,21,23). The Morgan fingerprint density at radius 1 is 1.24 bits per heavy atom. The molecule has 0 saturated carbocycles. The lowest BCUT2D eigenvalue weighted by molar-refractivity contribution is -0.116. The molecular weight excluding hydrogens is 336 g/mol. The Labute approximate surface area is 150 Å². The number of hydrogen-bond donors (Lipinski definition) is 1. The van der Waals surface area contributed by atoms with Crippen molar-refractivity contribution in [2.75, 3.05) is 11.9 Å². The highest BCUT2D eigenvalue weighted by atomic mass is 32.1. The zero-order chi connectivity index (χ0) is 18.0. The van der Waals surface area contributed by atoms with E-state index in [1.165, 1.54) is 16.2 Å². The molecule has 0 spiro atoms. The minimum Gasteiger partial charge on any atom is -0.299 e. The molecule has 0 atom stereocenters. The summed E-state index contributed by atoms with van der Waals surface area (Å²) < 4.78 is 0. The summed E-state index contributed by atoms with van der Waals surface area (Å²) >= 11 is 1.39. The molecule has 1 aliphatic rings. The lowest BCUT2D eigenvalue weighted by Gasteiger charge is -2.16. The molecule has 0 aliphatic carbocycles. The van der Waals surface area contributed by atoms with E-state index in [4.69, 9.17) is 0 Å². The van der Waals surface area contributed by atoms with Crippen LogP contribution in [0.25, 0.3) is 5.70 Å². The van der Waals surface area contributed by atoms with Crippen molar-refractivity contribution in [3.8, 4) is 0 Å². The van der Waals surface area contributed by atoms with E-state index < -0.39 is 0 Å². The second-order valence-electron chi connectivity index (χ2n) is 5.89. The maximum absolute atomic E-state index is 12.4. The number of rotatable bonds is 6. The molecule has 1 N–H and O–H groups in total. The average Bonchev–Trinajstić information content (AvgIpc) is 3.16. The Hall–Kier alpha value is -2.54. The van der Waals surface area contributed by atoms with Crippen LogP contribution in [0.3, 0.4) is 0 Å². The van der Waals surface area contributed by atoms with Gasteiger partial charge in [0.1, 0.15) is 11.6 Å². The molecule has 2 heterocycles. The minimum absolute atomic E-state index is 0.0910. The lowest BCUT2D eigenvalue weighted by Crippen LogP contribution is -2.32. The molecule has 25 heavy (non-hydrogen) atoms. The second kappa shape index (κ2) is 7.14. The van der Waals surface area contributed by atoms with E-state index in [-0.39, 0.29) is 18.4 Å². The van der Waals surface area contributed by atoms with Crippen molar-refractivity contribution in [1.82, 2.24) is 15.1 Å². The third-order valence-electron chi connectivity index (χ3n) is 4.36. The van der Waals surface area contributed by atoms with E-state index >= 15 is 0 Å². The number of fused-ring (bicyclic) bond motifs is 1. The third-order valence-corrected chi connectivity index (χ3v) is 5.36. The Morgan fingerprint density at radius 2 is 1.92 bits per heavy atom. The molecule has 0 radical (unpaired) electrons. The van der Waals surface area contributed by atoms with Crippen LogP contribution >= 0.6 is 11.3 Å². The minimum atomic E-state index is -0.311. The van der Waals surface area contributed by atoms with Crippen LogP contribution in [-0.2, 0) is 4.79 Å². The van der Waals surface area contributed by atoms with Crippen LogP contribution in [0.5, 0.6) is 0 Å². The van der Waals surface area contributed by atoms with Gasteiger partial charge in [-0.1, -0.05) is 50.0 Å². The molecule has 7 heteroatoms.